The van der Waals surface area contributed by atoms with Crippen molar-refractivity contribution in [3.63, 3.8) is 0 Å². The van der Waals surface area contributed by atoms with E-state index in [1.54, 1.807) is 5.57 Å². The first-order valence-electron chi connectivity index (χ1n) is 20.5. The van der Waals surface area contributed by atoms with E-state index in [9.17, 15) is 14.7 Å². The first-order chi connectivity index (χ1) is 22.9. The van der Waals surface area contributed by atoms with Crippen molar-refractivity contribution in [3.05, 3.63) is 11.6 Å². The van der Waals surface area contributed by atoms with Gasteiger partial charge in [0.05, 0.1) is 0 Å². The van der Waals surface area contributed by atoms with Gasteiger partial charge in [0.15, 0.2) is 0 Å². The lowest BCUT2D eigenvalue weighted by Crippen LogP contribution is -2.51. The average Bonchev–Trinajstić information content (AvgIpc) is 3.43. The Balaban J connectivity index is 1.01. The number of carbonyl (C=O) groups excluding carboxylic acids is 2. The number of piperidine rings is 1. The number of nitrogens with one attached hydrogen (secondary N) is 1. The lowest BCUT2D eigenvalue weighted by molar-refractivity contribution is -0.134. The number of allylic oxidation sites excluding steroid dienone is 1. The molecule has 1 aliphatic heterocycles. The molecule has 6 nitrogen and oxygen atoms in total. The Hall–Kier alpha value is -1.56. The second-order valence-electron chi connectivity index (χ2n) is 17.8. The second kappa shape index (κ2) is 15.5. The van der Waals surface area contributed by atoms with Gasteiger partial charge in [0.1, 0.15) is 6.10 Å². The van der Waals surface area contributed by atoms with Gasteiger partial charge < -0.3 is 20.1 Å². The lowest BCUT2D eigenvalue weighted by Gasteiger charge is -2.58. The van der Waals surface area contributed by atoms with Crippen LogP contribution in [0.4, 0.5) is 4.79 Å². The zero-order valence-corrected chi connectivity index (χ0v) is 30.8. The van der Waals surface area contributed by atoms with Gasteiger partial charge in [-0.2, -0.15) is 0 Å². The lowest BCUT2D eigenvalue weighted by atomic mass is 9.47. The molecule has 3 saturated carbocycles. The van der Waals surface area contributed by atoms with Crippen LogP contribution in [0.1, 0.15) is 152 Å². The van der Waals surface area contributed by atoms with Gasteiger partial charge in [-0.3, -0.25) is 4.79 Å². The molecule has 0 radical (unpaired) electrons. The molecule has 2 amide bonds. The number of nitrogens with zero attached hydrogens (tertiary/aromatic N) is 1. The molecule has 1 saturated heterocycles. The minimum absolute atomic E-state index is 0.0286. The minimum Gasteiger partial charge on any atom is -0.446 e. The summed E-state index contributed by atoms with van der Waals surface area (Å²) in [6.45, 7) is 14.6. The summed E-state index contributed by atoms with van der Waals surface area (Å²) in [5.41, 5.74) is 2.01. The fraction of sp³-hybridized carbons (Fsp3) is 0.902. The summed E-state index contributed by atoms with van der Waals surface area (Å²) in [4.78, 5) is 27.2. The first-order valence-corrected chi connectivity index (χ1v) is 19.8. The number of fused-ring (bicyclic) bond motifs is 5. The highest BCUT2D eigenvalue weighted by molar-refractivity contribution is 5.76. The Morgan fingerprint density at radius 1 is 1.00 bits per heavy atom. The largest absolute Gasteiger partial charge is 0.446 e. The van der Waals surface area contributed by atoms with Crippen LogP contribution in [0.25, 0.3) is 0 Å². The number of alkyl carbamates (subject to hydrolysis) is 1. The summed E-state index contributed by atoms with van der Waals surface area (Å²) in [5, 5.41) is 12.6. The number of hydrogen-bond acceptors (Lipinski definition) is 4. The molecule has 0 aromatic rings. The molecule has 5 rings (SSSR count). The zero-order valence-electron chi connectivity index (χ0n) is 31.8. The van der Waals surface area contributed by atoms with Gasteiger partial charge >= 0.3 is 6.09 Å². The van der Waals surface area contributed by atoms with Gasteiger partial charge in [-0.25, -0.2) is 4.79 Å². The van der Waals surface area contributed by atoms with Crippen molar-refractivity contribution in [1.29, 1.82) is 0 Å². The molecule has 6 heteroatoms. The van der Waals surface area contributed by atoms with E-state index >= 15 is 0 Å². The van der Waals surface area contributed by atoms with Gasteiger partial charge in [0.2, 0.25) is 5.91 Å². The number of rotatable bonds is 13. The Labute approximate surface area is 289 Å². The molecule has 268 valence electrons. The summed E-state index contributed by atoms with van der Waals surface area (Å²) in [7, 11) is 0. The van der Waals surface area contributed by atoms with Crippen molar-refractivity contribution in [1.82, 2.24) is 10.2 Å². The molecule has 1 heterocycles. The van der Waals surface area contributed by atoms with Crippen molar-refractivity contribution in [2.24, 2.45) is 51.8 Å². The summed E-state index contributed by atoms with van der Waals surface area (Å²) in [6, 6.07) is 0. The normalized spacial score (nSPS) is 35.6. The Kier molecular flexibility index (Phi) is 11.7. The highest BCUT2D eigenvalue weighted by atomic mass is 16.6. The Morgan fingerprint density at radius 3 is 2.51 bits per heavy atom. The van der Waals surface area contributed by atoms with E-state index in [0.29, 0.717) is 44.3 Å². The summed E-state index contributed by atoms with van der Waals surface area (Å²) < 4.78 is 13.7. The van der Waals surface area contributed by atoms with Crippen LogP contribution in [0.2, 0.25) is 0 Å². The molecular formula is C41H70N2O4. The fourth-order valence-electron chi connectivity index (χ4n) is 11.3. The monoisotopic (exact) mass is 657 g/mol. The highest BCUT2D eigenvalue weighted by Crippen LogP contribution is 2.67. The van der Waals surface area contributed by atoms with Crippen LogP contribution >= 0.6 is 0 Å². The summed E-state index contributed by atoms with van der Waals surface area (Å²) >= 11 is 0. The van der Waals surface area contributed by atoms with Crippen molar-refractivity contribution in [2.75, 3.05) is 26.2 Å². The van der Waals surface area contributed by atoms with Crippen LogP contribution in [-0.2, 0) is 9.53 Å². The Morgan fingerprint density at radius 2 is 1.79 bits per heavy atom. The van der Waals surface area contributed by atoms with E-state index in [2.05, 4.69) is 46.0 Å². The zero-order chi connectivity index (χ0) is 34.5. The quantitative estimate of drug-likeness (QED) is 0.153. The first kappa shape index (κ1) is 35.3. The molecular weight excluding hydrogens is 584 g/mol. The van der Waals surface area contributed by atoms with E-state index in [1.807, 2.05) is 4.90 Å². The predicted octanol–water partition coefficient (Wildman–Crippen LogP) is 9.30. The maximum Gasteiger partial charge on any atom is 0.407 e. The number of aliphatic hydroxyl groups excluding tert-OH is 1. The average molecular weight is 657 g/mol. The third-order valence-corrected chi connectivity index (χ3v) is 14.4. The number of likely N-dealkylation sites (tertiary alicyclic amines) is 1. The molecule has 0 aromatic heterocycles. The molecule has 47 heavy (non-hydrogen) atoms. The van der Waals surface area contributed by atoms with Crippen LogP contribution in [-0.4, -0.2) is 54.4 Å². The van der Waals surface area contributed by atoms with Crippen LogP contribution in [0.15, 0.2) is 11.6 Å². The smallest absolute Gasteiger partial charge is 0.407 e. The number of carbonyl (C=O) groups is 2. The molecule has 4 aliphatic carbocycles. The fourth-order valence-corrected chi connectivity index (χ4v) is 11.3. The molecule has 2 N–H and O–H groups in total. The van der Waals surface area contributed by atoms with Crippen LogP contribution in [0.5, 0.6) is 0 Å². The SMILES string of the molecule is [3H]CC1(CO)CCN(C(=O)CCCCCNC(=O)O[C@H]2CC[C@@]3(C)C(=CC[C@H]4[C@@H]5CC[C@H]([C@H](C)CCCC(C)C)[C@@]5(C)CC[C@@H]43)C2)CC1. The van der Waals surface area contributed by atoms with Crippen LogP contribution in [0.3, 0.4) is 0 Å². The number of aliphatic hydroxyl groups is 1. The number of hydrogen-bond donors (Lipinski definition) is 2. The molecule has 0 aromatic carbocycles. The van der Waals surface area contributed by atoms with E-state index < -0.39 is 0 Å². The maximum atomic E-state index is 12.7. The third-order valence-electron chi connectivity index (χ3n) is 14.4. The number of amides is 2. The van der Waals surface area contributed by atoms with Gasteiger partial charge in [-0.1, -0.05) is 78.9 Å². The van der Waals surface area contributed by atoms with Crippen molar-refractivity contribution >= 4 is 12.0 Å². The molecule has 0 spiro atoms. The Bertz CT molecular complexity index is 1110. The second-order valence-corrected chi connectivity index (χ2v) is 17.8. The predicted molar refractivity (Wildman–Crippen MR) is 191 cm³/mol. The molecule has 4 fully saturated rings. The molecule has 0 bridgehead atoms. The number of ether oxygens (including phenoxy) is 1. The standard InChI is InChI=1S/C41H70N2O4/c1-29(2)11-10-12-30(3)34-16-17-35-33-15-14-31-27-32(18-20-40(31,5)36(33)19-21-41(34,35)6)47-38(46)42-24-9-7-8-13-37(45)43-25-22-39(4,28-44)23-26-43/h14,29-30,32-36,44H,7-13,15-28H2,1-6H3,(H,42,46)/t30-,32+,33+,34-,35+,36+,40+,41-/m1/s1/i4T. The van der Waals surface area contributed by atoms with Crippen molar-refractivity contribution in [2.45, 2.75) is 157 Å². The molecule has 5 aliphatic rings. The van der Waals surface area contributed by atoms with Crippen molar-refractivity contribution in [3.8, 4) is 0 Å². The van der Waals surface area contributed by atoms with Crippen LogP contribution in [0, 0.1) is 51.8 Å². The van der Waals surface area contributed by atoms with E-state index in [1.165, 1.54) is 51.4 Å². The molecule has 0 unspecified atom stereocenters. The van der Waals surface area contributed by atoms with Gasteiger partial charge in [-0.15, -0.1) is 0 Å². The summed E-state index contributed by atoms with van der Waals surface area (Å²) in [5.74, 6) is 5.19. The molecule has 8 atom stereocenters. The topological polar surface area (TPSA) is 78.9 Å². The van der Waals surface area contributed by atoms with E-state index in [-0.39, 0.29) is 42.4 Å². The van der Waals surface area contributed by atoms with E-state index in [0.717, 1.165) is 74.0 Å². The summed E-state index contributed by atoms with van der Waals surface area (Å²) in [6.07, 6.45) is 20.7. The van der Waals surface area contributed by atoms with Gasteiger partial charge in [0, 0.05) is 40.5 Å². The van der Waals surface area contributed by atoms with Crippen molar-refractivity contribution < 1.29 is 20.8 Å². The highest BCUT2D eigenvalue weighted by Gasteiger charge is 2.59. The van der Waals surface area contributed by atoms with E-state index in [4.69, 9.17) is 6.11 Å². The van der Waals surface area contributed by atoms with Gasteiger partial charge in [0.25, 0.3) is 0 Å². The van der Waals surface area contributed by atoms with Gasteiger partial charge in [-0.05, 0) is 122 Å². The number of unbranched alkanes of at least 4 members (excludes halogenated alkanes) is 2. The third kappa shape index (κ3) is 8.26. The maximum absolute atomic E-state index is 12.7. The minimum atomic E-state index is -0.326. The van der Waals surface area contributed by atoms with Crippen LogP contribution < -0.4 is 5.32 Å².